The van der Waals surface area contributed by atoms with E-state index in [-0.39, 0.29) is 0 Å². The van der Waals surface area contributed by atoms with Gasteiger partial charge in [0.15, 0.2) is 0 Å². The molecule has 0 aromatic heterocycles. The van der Waals surface area contributed by atoms with Gasteiger partial charge in [0.05, 0.1) is 0 Å². The van der Waals surface area contributed by atoms with E-state index in [2.05, 4.69) is 16.7 Å². The fraction of sp³-hybridized carbons (Fsp3) is 1.00. The molecule has 3 rings (SSSR count). The lowest BCUT2D eigenvalue weighted by Gasteiger charge is -2.44. The minimum atomic E-state index is 0.442. The highest BCUT2D eigenvalue weighted by Gasteiger charge is 2.36. The highest BCUT2D eigenvalue weighted by Crippen LogP contribution is 2.31. The van der Waals surface area contributed by atoms with Crippen LogP contribution < -0.4 is 5.73 Å². The Bertz CT molecular complexity index is 268. The van der Waals surface area contributed by atoms with Gasteiger partial charge < -0.3 is 10.6 Å². The van der Waals surface area contributed by atoms with Crippen molar-refractivity contribution in [1.82, 2.24) is 9.80 Å². The fourth-order valence-corrected chi connectivity index (χ4v) is 4.06. The van der Waals surface area contributed by atoms with Crippen LogP contribution >= 0.6 is 0 Å². The molecule has 3 aliphatic heterocycles. The van der Waals surface area contributed by atoms with Crippen molar-refractivity contribution in [2.45, 2.75) is 57.2 Å². The Balaban J connectivity index is 1.58. The van der Waals surface area contributed by atoms with Gasteiger partial charge in [-0.05, 0) is 57.7 Å². The van der Waals surface area contributed by atoms with E-state index in [0.29, 0.717) is 12.0 Å². The Morgan fingerprint density at radius 2 is 1.71 bits per heavy atom. The van der Waals surface area contributed by atoms with Crippen molar-refractivity contribution in [2.24, 2.45) is 11.7 Å². The van der Waals surface area contributed by atoms with Gasteiger partial charge in [0.1, 0.15) is 0 Å². The summed E-state index contributed by atoms with van der Waals surface area (Å²) in [4.78, 5) is 5.46. The second-order valence-corrected chi connectivity index (χ2v) is 6.43. The summed E-state index contributed by atoms with van der Waals surface area (Å²) in [6.45, 7) is 7.49. The van der Waals surface area contributed by atoms with Gasteiger partial charge in [-0.25, -0.2) is 0 Å². The maximum atomic E-state index is 6.12. The topological polar surface area (TPSA) is 32.5 Å². The molecule has 0 radical (unpaired) electrons. The van der Waals surface area contributed by atoms with Gasteiger partial charge in [-0.15, -0.1) is 0 Å². The molecule has 0 aromatic rings. The molecule has 3 saturated heterocycles. The summed E-state index contributed by atoms with van der Waals surface area (Å²) in [6.07, 6.45) is 6.88. The third-order valence-corrected chi connectivity index (χ3v) is 5.31. The summed E-state index contributed by atoms with van der Waals surface area (Å²) in [5, 5.41) is 0. The highest BCUT2D eigenvalue weighted by atomic mass is 15.2. The van der Waals surface area contributed by atoms with E-state index < -0.39 is 0 Å². The first-order chi connectivity index (χ1) is 8.24. The molecule has 17 heavy (non-hydrogen) atoms. The van der Waals surface area contributed by atoms with Crippen LogP contribution in [0.25, 0.3) is 0 Å². The van der Waals surface area contributed by atoms with Crippen LogP contribution in [0.3, 0.4) is 0 Å². The molecule has 0 saturated carbocycles. The van der Waals surface area contributed by atoms with Crippen LogP contribution in [0, 0.1) is 5.92 Å². The predicted molar refractivity (Wildman–Crippen MR) is 70.9 cm³/mol. The fourth-order valence-electron chi connectivity index (χ4n) is 4.06. The Labute approximate surface area is 105 Å². The Morgan fingerprint density at radius 1 is 0.941 bits per heavy atom. The largest absolute Gasteiger partial charge is 0.327 e. The third-order valence-electron chi connectivity index (χ3n) is 5.31. The lowest BCUT2D eigenvalue weighted by atomic mass is 9.90. The summed E-state index contributed by atoms with van der Waals surface area (Å²) < 4.78 is 0. The molecule has 0 aliphatic carbocycles. The van der Waals surface area contributed by atoms with Crippen molar-refractivity contribution in [3.63, 3.8) is 0 Å². The van der Waals surface area contributed by atoms with Crippen molar-refractivity contribution < 1.29 is 0 Å². The van der Waals surface area contributed by atoms with E-state index in [1.165, 1.54) is 58.3 Å². The minimum absolute atomic E-state index is 0.442. The normalized spacial score (nSPS) is 44.8. The molecule has 3 fully saturated rings. The molecule has 3 aliphatic rings. The van der Waals surface area contributed by atoms with Gasteiger partial charge in [-0.2, -0.15) is 0 Å². The maximum Gasteiger partial charge on any atom is 0.0122 e. The molecule has 4 atom stereocenters. The van der Waals surface area contributed by atoms with Crippen molar-refractivity contribution >= 4 is 0 Å². The molecule has 3 heterocycles. The number of fused-ring (bicyclic) bond motifs is 1. The first-order valence-electron chi connectivity index (χ1n) is 7.47. The quantitative estimate of drug-likeness (QED) is 0.746. The molecule has 3 heteroatoms. The number of likely N-dealkylation sites (tertiary alicyclic amines) is 1. The number of hydrogen-bond acceptors (Lipinski definition) is 3. The number of nitrogens with two attached hydrogens (primary N) is 1. The summed E-state index contributed by atoms with van der Waals surface area (Å²) in [5.41, 5.74) is 6.12. The van der Waals surface area contributed by atoms with Crippen molar-refractivity contribution in [3.05, 3.63) is 0 Å². The SMILES string of the molecule is CC1CN(C2CCN3CCCC3C2)CCC1N. The van der Waals surface area contributed by atoms with Gasteiger partial charge in [0.25, 0.3) is 0 Å². The molecule has 0 aromatic carbocycles. The van der Waals surface area contributed by atoms with Crippen LogP contribution in [0.15, 0.2) is 0 Å². The van der Waals surface area contributed by atoms with E-state index in [4.69, 9.17) is 5.73 Å². The van der Waals surface area contributed by atoms with Crippen molar-refractivity contribution in [3.8, 4) is 0 Å². The van der Waals surface area contributed by atoms with E-state index in [1.807, 2.05) is 0 Å². The van der Waals surface area contributed by atoms with Crippen LogP contribution in [-0.2, 0) is 0 Å². The average molecular weight is 237 g/mol. The zero-order valence-electron chi connectivity index (χ0n) is 11.1. The average Bonchev–Trinajstić information content (AvgIpc) is 2.79. The molecular weight excluding hydrogens is 210 g/mol. The molecule has 0 bridgehead atoms. The molecule has 2 N–H and O–H groups in total. The number of nitrogens with zero attached hydrogens (tertiary/aromatic N) is 2. The van der Waals surface area contributed by atoms with Crippen LogP contribution in [0.1, 0.15) is 39.0 Å². The van der Waals surface area contributed by atoms with E-state index in [9.17, 15) is 0 Å². The van der Waals surface area contributed by atoms with Crippen molar-refractivity contribution in [1.29, 1.82) is 0 Å². The van der Waals surface area contributed by atoms with Crippen LogP contribution in [0.5, 0.6) is 0 Å². The van der Waals surface area contributed by atoms with E-state index in [1.54, 1.807) is 0 Å². The Kier molecular flexibility index (Phi) is 3.42. The summed E-state index contributed by atoms with van der Waals surface area (Å²) in [6, 6.07) is 2.20. The Hall–Kier alpha value is -0.120. The lowest BCUT2D eigenvalue weighted by molar-refractivity contribution is 0.0539. The minimum Gasteiger partial charge on any atom is -0.327 e. The van der Waals surface area contributed by atoms with Crippen LogP contribution in [-0.4, -0.2) is 54.1 Å². The van der Waals surface area contributed by atoms with Gasteiger partial charge in [-0.3, -0.25) is 4.90 Å². The number of rotatable bonds is 1. The maximum absolute atomic E-state index is 6.12. The van der Waals surface area contributed by atoms with E-state index in [0.717, 1.165) is 12.1 Å². The standard InChI is InChI=1S/C14H27N3/c1-11-10-17(8-5-14(11)15)13-4-7-16-6-2-3-12(16)9-13/h11-14H,2-10,15H2,1H3. The van der Waals surface area contributed by atoms with Crippen molar-refractivity contribution in [2.75, 3.05) is 26.2 Å². The van der Waals surface area contributed by atoms with Gasteiger partial charge >= 0.3 is 0 Å². The summed E-state index contributed by atoms with van der Waals surface area (Å²) in [7, 11) is 0. The zero-order valence-corrected chi connectivity index (χ0v) is 11.1. The van der Waals surface area contributed by atoms with Crippen LogP contribution in [0.2, 0.25) is 0 Å². The first-order valence-corrected chi connectivity index (χ1v) is 7.47. The number of hydrogen-bond donors (Lipinski definition) is 1. The molecular formula is C14H27N3. The van der Waals surface area contributed by atoms with Gasteiger partial charge in [0.2, 0.25) is 0 Å². The Morgan fingerprint density at radius 3 is 2.53 bits per heavy atom. The molecule has 0 spiro atoms. The number of piperidine rings is 2. The van der Waals surface area contributed by atoms with E-state index >= 15 is 0 Å². The molecule has 4 unspecified atom stereocenters. The van der Waals surface area contributed by atoms with Crippen LogP contribution in [0.4, 0.5) is 0 Å². The highest BCUT2D eigenvalue weighted by molar-refractivity contribution is 4.92. The summed E-state index contributed by atoms with van der Waals surface area (Å²) in [5.74, 6) is 0.686. The molecule has 0 amide bonds. The second-order valence-electron chi connectivity index (χ2n) is 6.43. The second kappa shape index (κ2) is 4.87. The zero-order chi connectivity index (χ0) is 11.8. The monoisotopic (exact) mass is 237 g/mol. The smallest absolute Gasteiger partial charge is 0.0122 e. The van der Waals surface area contributed by atoms with Gasteiger partial charge in [-0.1, -0.05) is 6.92 Å². The predicted octanol–water partition coefficient (Wildman–Crippen LogP) is 1.28. The summed E-state index contributed by atoms with van der Waals surface area (Å²) >= 11 is 0. The van der Waals surface area contributed by atoms with Gasteiger partial charge in [0, 0.05) is 24.7 Å². The third kappa shape index (κ3) is 2.38. The molecule has 98 valence electrons. The molecule has 3 nitrogen and oxygen atoms in total. The first kappa shape index (κ1) is 11.9. The lowest BCUT2D eigenvalue weighted by Crippen LogP contribution is -2.53.